The van der Waals surface area contributed by atoms with Crippen LogP contribution in [0.5, 0.6) is 5.75 Å². The van der Waals surface area contributed by atoms with Crippen LogP contribution in [0.2, 0.25) is 10.0 Å². The minimum Gasteiger partial charge on any atom is -0.437 e. The Kier molecular flexibility index (Phi) is 3.83. The van der Waals surface area contributed by atoms with Crippen LogP contribution in [0.25, 0.3) is 10.9 Å². The number of aryl methyl sites for hydroxylation is 1. The molecule has 0 saturated carbocycles. The van der Waals surface area contributed by atoms with Crippen LogP contribution in [-0.4, -0.2) is 18.2 Å². The summed E-state index contributed by atoms with van der Waals surface area (Å²) in [6, 6.07) is 3.37. The third-order valence-corrected chi connectivity index (χ3v) is 3.63. The molecule has 0 aliphatic carbocycles. The van der Waals surface area contributed by atoms with Crippen LogP contribution in [0.4, 0.5) is 4.79 Å². The maximum absolute atomic E-state index is 11.3. The molecule has 1 aromatic heterocycles. The molecule has 0 unspecified atom stereocenters. The zero-order valence-electron chi connectivity index (χ0n) is 10.6. The van der Waals surface area contributed by atoms with Gasteiger partial charge in [0, 0.05) is 11.3 Å². The number of pyridine rings is 1. The van der Waals surface area contributed by atoms with Gasteiger partial charge in [0.05, 0.1) is 28.1 Å². The Bertz CT molecular complexity index is 671. The Morgan fingerprint density at radius 2 is 1.95 bits per heavy atom. The number of aromatic nitrogens is 1. The van der Waals surface area contributed by atoms with Gasteiger partial charge in [-0.15, -0.1) is 0 Å². The minimum absolute atomic E-state index is 0.300. The maximum Gasteiger partial charge on any atom is 0.513 e. The highest BCUT2D eigenvalue weighted by atomic mass is 35.5. The number of halogens is 2. The lowest BCUT2D eigenvalue weighted by Gasteiger charge is -2.13. The Hall–Kier alpha value is -1.52. The number of fused-ring (bicyclic) bond motifs is 1. The quantitative estimate of drug-likeness (QED) is 0.737. The molecule has 1 aromatic carbocycles. The van der Waals surface area contributed by atoms with Gasteiger partial charge in [0.25, 0.3) is 0 Å². The van der Waals surface area contributed by atoms with Gasteiger partial charge in [-0.3, -0.25) is 4.98 Å². The van der Waals surface area contributed by atoms with E-state index in [1.165, 1.54) is 7.11 Å². The van der Waals surface area contributed by atoms with Crippen molar-refractivity contribution in [3.05, 3.63) is 33.4 Å². The van der Waals surface area contributed by atoms with Gasteiger partial charge in [-0.05, 0) is 26.0 Å². The average molecular weight is 300 g/mol. The summed E-state index contributed by atoms with van der Waals surface area (Å²) in [5.74, 6) is 0.321. The summed E-state index contributed by atoms with van der Waals surface area (Å²) in [6.07, 6.45) is -0.814. The zero-order valence-corrected chi connectivity index (χ0v) is 12.1. The van der Waals surface area contributed by atoms with E-state index in [9.17, 15) is 4.79 Å². The monoisotopic (exact) mass is 299 g/mol. The highest BCUT2D eigenvalue weighted by molar-refractivity contribution is 6.45. The maximum atomic E-state index is 11.3. The molecule has 4 nitrogen and oxygen atoms in total. The normalized spacial score (nSPS) is 10.6. The first-order valence-corrected chi connectivity index (χ1v) is 6.22. The summed E-state index contributed by atoms with van der Waals surface area (Å²) in [5.41, 5.74) is 2.06. The van der Waals surface area contributed by atoms with E-state index in [0.717, 1.165) is 5.69 Å². The van der Waals surface area contributed by atoms with Crippen molar-refractivity contribution in [2.24, 2.45) is 0 Å². The van der Waals surface area contributed by atoms with Gasteiger partial charge in [-0.25, -0.2) is 4.79 Å². The predicted molar refractivity (Wildman–Crippen MR) is 74.3 cm³/mol. The Morgan fingerprint density at radius 3 is 2.58 bits per heavy atom. The van der Waals surface area contributed by atoms with Gasteiger partial charge in [0.15, 0.2) is 0 Å². The lowest BCUT2D eigenvalue weighted by molar-refractivity contribution is 0.121. The molecular formula is C13H11Cl2NO3. The van der Waals surface area contributed by atoms with Crippen molar-refractivity contribution >= 4 is 40.3 Å². The van der Waals surface area contributed by atoms with Crippen molar-refractivity contribution in [3.63, 3.8) is 0 Å². The number of nitrogens with zero attached hydrogens (tertiary/aromatic N) is 1. The van der Waals surface area contributed by atoms with Crippen molar-refractivity contribution in [1.29, 1.82) is 0 Å². The largest absolute Gasteiger partial charge is 0.513 e. The number of hydrogen-bond donors (Lipinski definition) is 0. The molecule has 2 rings (SSSR count). The van der Waals surface area contributed by atoms with Gasteiger partial charge in [-0.2, -0.15) is 0 Å². The number of hydrogen-bond acceptors (Lipinski definition) is 4. The molecule has 1 heterocycles. The first kappa shape index (κ1) is 13.9. The van der Waals surface area contributed by atoms with Crippen molar-refractivity contribution in [1.82, 2.24) is 4.98 Å². The van der Waals surface area contributed by atoms with Gasteiger partial charge in [0.1, 0.15) is 5.75 Å². The molecule has 0 spiro atoms. The lowest BCUT2D eigenvalue weighted by atomic mass is 10.1. The second-order valence-electron chi connectivity index (χ2n) is 3.96. The topological polar surface area (TPSA) is 48.4 Å². The number of ether oxygens (including phenoxy) is 2. The van der Waals surface area contributed by atoms with Gasteiger partial charge in [0.2, 0.25) is 0 Å². The molecule has 0 radical (unpaired) electrons. The summed E-state index contributed by atoms with van der Waals surface area (Å²) >= 11 is 12.2. The fourth-order valence-corrected chi connectivity index (χ4v) is 2.12. The summed E-state index contributed by atoms with van der Waals surface area (Å²) in [5, 5.41) is 1.17. The molecule has 0 aliphatic heterocycles. The number of benzene rings is 1. The SMILES string of the molecule is COC(=O)Oc1c(C)c(C)nc2ccc(Cl)c(Cl)c12. The molecule has 6 heteroatoms. The van der Waals surface area contributed by atoms with Gasteiger partial charge in [-0.1, -0.05) is 23.2 Å². The molecule has 100 valence electrons. The van der Waals surface area contributed by atoms with E-state index in [4.69, 9.17) is 27.9 Å². The third-order valence-electron chi connectivity index (χ3n) is 2.82. The number of carbonyl (C=O) groups excluding carboxylic acids is 1. The van der Waals surface area contributed by atoms with Crippen LogP contribution in [0, 0.1) is 13.8 Å². The van der Waals surface area contributed by atoms with Crippen LogP contribution in [-0.2, 0) is 4.74 Å². The summed E-state index contributed by atoms with van der Waals surface area (Å²) in [7, 11) is 1.24. The van der Waals surface area contributed by atoms with Crippen molar-refractivity contribution < 1.29 is 14.3 Å². The molecule has 0 N–H and O–H groups in total. The van der Waals surface area contributed by atoms with Crippen LogP contribution in [0.1, 0.15) is 11.3 Å². The second-order valence-corrected chi connectivity index (χ2v) is 4.75. The molecule has 0 bridgehead atoms. The smallest absolute Gasteiger partial charge is 0.437 e. The van der Waals surface area contributed by atoms with Crippen LogP contribution < -0.4 is 4.74 Å². The van der Waals surface area contributed by atoms with E-state index in [2.05, 4.69) is 9.72 Å². The van der Waals surface area contributed by atoms with Crippen molar-refractivity contribution in [2.75, 3.05) is 7.11 Å². The molecule has 0 fully saturated rings. The van der Waals surface area contributed by atoms with Crippen LogP contribution in [0.15, 0.2) is 12.1 Å². The van der Waals surface area contributed by atoms with Crippen molar-refractivity contribution in [3.8, 4) is 5.75 Å². The molecule has 19 heavy (non-hydrogen) atoms. The van der Waals surface area contributed by atoms with Crippen molar-refractivity contribution in [2.45, 2.75) is 13.8 Å². The van der Waals surface area contributed by atoms with E-state index in [1.54, 1.807) is 19.1 Å². The number of rotatable bonds is 1. The van der Waals surface area contributed by atoms with Crippen LogP contribution in [0.3, 0.4) is 0 Å². The standard InChI is InChI=1S/C13H11Cl2NO3/c1-6-7(2)16-9-5-4-8(14)11(15)10(9)12(6)19-13(17)18-3/h4-5H,1-3H3. The number of methoxy groups -OCH3 is 1. The molecule has 0 amide bonds. The van der Waals surface area contributed by atoms with E-state index in [-0.39, 0.29) is 0 Å². The fraction of sp³-hybridized carbons (Fsp3) is 0.231. The Morgan fingerprint density at radius 1 is 1.26 bits per heavy atom. The van der Waals surface area contributed by atoms with Crippen LogP contribution >= 0.6 is 23.2 Å². The summed E-state index contributed by atoms with van der Waals surface area (Å²) < 4.78 is 9.69. The first-order chi connectivity index (χ1) is 8.95. The molecular weight excluding hydrogens is 289 g/mol. The zero-order chi connectivity index (χ0) is 14.2. The average Bonchev–Trinajstić information content (AvgIpc) is 2.39. The second kappa shape index (κ2) is 5.23. The highest BCUT2D eigenvalue weighted by Crippen LogP contribution is 2.38. The Balaban J connectivity index is 2.80. The van der Waals surface area contributed by atoms with E-state index in [1.807, 2.05) is 6.92 Å². The third kappa shape index (κ3) is 2.46. The molecule has 0 aliphatic rings. The molecule has 2 aromatic rings. The highest BCUT2D eigenvalue weighted by Gasteiger charge is 2.18. The fourth-order valence-electron chi connectivity index (χ4n) is 1.72. The number of carbonyl (C=O) groups is 1. The molecule has 0 saturated heterocycles. The molecule has 0 atom stereocenters. The van der Waals surface area contributed by atoms with E-state index >= 15 is 0 Å². The summed E-state index contributed by atoms with van der Waals surface area (Å²) in [6.45, 7) is 3.61. The van der Waals surface area contributed by atoms with E-state index in [0.29, 0.717) is 32.3 Å². The van der Waals surface area contributed by atoms with Gasteiger partial charge >= 0.3 is 6.16 Å². The summed E-state index contributed by atoms with van der Waals surface area (Å²) in [4.78, 5) is 15.7. The van der Waals surface area contributed by atoms with E-state index < -0.39 is 6.16 Å². The first-order valence-electron chi connectivity index (χ1n) is 5.46. The minimum atomic E-state index is -0.814. The predicted octanol–water partition coefficient (Wildman–Crippen LogP) is 4.30. The Labute approximate surface area is 120 Å². The lowest BCUT2D eigenvalue weighted by Crippen LogP contribution is -2.10. The van der Waals surface area contributed by atoms with Gasteiger partial charge < -0.3 is 9.47 Å².